The Hall–Kier alpha value is -2.86. The molecule has 1 aliphatic carbocycles. The van der Waals surface area contributed by atoms with Gasteiger partial charge in [0.15, 0.2) is 6.29 Å². The number of rotatable bonds is 9. The Bertz CT molecular complexity index is 1300. The van der Waals surface area contributed by atoms with Crippen LogP contribution in [-0.2, 0) is 20.6 Å². The van der Waals surface area contributed by atoms with Gasteiger partial charge in [0.2, 0.25) is 0 Å². The van der Waals surface area contributed by atoms with Crippen molar-refractivity contribution < 1.29 is 18.9 Å². The summed E-state index contributed by atoms with van der Waals surface area (Å²) in [5, 5.41) is 0. The summed E-state index contributed by atoms with van der Waals surface area (Å²) in [5.41, 5.74) is 6.64. The van der Waals surface area contributed by atoms with Crippen molar-refractivity contribution in [3.8, 4) is 5.75 Å². The minimum Gasteiger partial charge on any atom is -0.488 e. The molecule has 5 rings (SSSR count). The van der Waals surface area contributed by atoms with Crippen LogP contribution in [0, 0.1) is 11.8 Å². The SMILES string of the molecule is C=C/C=C\C(=C/C)C1CCc2cc(OC(C)(C)C)ccc2C1c1ccc(N2CCC3(CCC(C(OC)OC)CO3)CC2)cc1.CC. The fraction of sp³-hybridized carbons (Fsp3) is 0.561. The molecule has 2 saturated heterocycles. The largest absolute Gasteiger partial charge is 0.488 e. The molecule has 2 aromatic rings. The van der Waals surface area contributed by atoms with Crippen molar-refractivity contribution in [1.29, 1.82) is 0 Å². The molecular formula is C41H59NO4. The van der Waals surface area contributed by atoms with Crippen molar-refractivity contribution in [2.24, 2.45) is 11.8 Å². The maximum absolute atomic E-state index is 6.51. The molecule has 252 valence electrons. The highest BCUT2D eigenvalue weighted by atomic mass is 16.7. The molecule has 2 aliphatic heterocycles. The Labute approximate surface area is 279 Å². The maximum Gasteiger partial charge on any atom is 0.161 e. The van der Waals surface area contributed by atoms with Crippen LogP contribution >= 0.6 is 0 Å². The summed E-state index contributed by atoms with van der Waals surface area (Å²) >= 11 is 0. The van der Waals surface area contributed by atoms with E-state index in [1.54, 1.807) is 14.2 Å². The third-order valence-corrected chi connectivity index (χ3v) is 9.90. The van der Waals surface area contributed by atoms with Crippen LogP contribution in [0.1, 0.15) is 96.3 Å². The van der Waals surface area contributed by atoms with Crippen LogP contribution in [0.2, 0.25) is 0 Å². The first-order chi connectivity index (χ1) is 22.2. The average molecular weight is 630 g/mol. The number of allylic oxidation sites excluding steroid dienone is 5. The van der Waals surface area contributed by atoms with E-state index in [1.165, 1.54) is 28.0 Å². The molecule has 0 aromatic heterocycles. The highest BCUT2D eigenvalue weighted by Gasteiger charge is 2.41. The van der Waals surface area contributed by atoms with Crippen LogP contribution in [0.15, 0.2) is 78.9 Å². The summed E-state index contributed by atoms with van der Waals surface area (Å²) in [5.74, 6) is 1.96. The smallest absolute Gasteiger partial charge is 0.161 e. The molecule has 2 heterocycles. The number of nitrogens with zero attached hydrogens (tertiary/aromatic N) is 1. The lowest BCUT2D eigenvalue weighted by atomic mass is 9.69. The van der Waals surface area contributed by atoms with Crippen LogP contribution < -0.4 is 9.64 Å². The lowest BCUT2D eigenvalue weighted by molar-refractivity contribution is -0.195. The molecule has 1 spiro atoms. The predicted molar refractivity (Wildman–Crippen MR) is 192 cm³/mol. The first-order valence-electron chi connectivity index (χ1n) is 17.5. The van der Waals surface area contributed by atoms with E-state index in [2.05, 4.69) is 99.9 Å². The Balaban J connectivity index is 0.00000235. The number of hydrogen-bond acceptors (Lipinski definition) is 5. The molecule has 0 N–H and O–H groups in total. The van der Waals surface area contributed by atoms with E-state index >= 15 is 0 Å². The minimum absolute atomic E-state index is 0.00456. The molecule has 5 nitrogen and oxygen atoms in total. The Morgan fingerprint density at radius 1 is 1.00 bits per heavy atom. The Morgan fingerprint density at radius 2 is 1.70 bits per heavy atom. The third-order valence-electron chi connectivity index (χ3n) is 9.90. The zero-order valence-electron chi connectivity index (χ0n) is 29.8. The van der Waals surface area contributed by atoms with Crippen molar-refractivity contribution in [2.75, 3.05) is 38.8 Å². The minimum atomic E-state index is -0.217. The van der Waals surface area contributed by atoms with Crippen molar-refractivity contribution in [3.63, 3.8) is 0 Å². The van der Waals surface area contributed by atoms with Crippen molar-refractivity contribution in [1.82, 2.24) is 0 Å². The molecule has 2 fully saturated rings. The van der Waals surface area contributed by atoms with E-state index < -0.39 is 0 Å². The lowest BCUT2D eigenvalue weighted by Gasteiger charge is -2.47. The van der Waals surface area contributed by atoms with Crippen LogP contribution in [-0.4, -0.2) is 51.4 Å². The van der Waals surface area contributed by atoms with Gasteiger partial charge >= 0.3 is 0 Å². The molecular weight excluding hydrogens is 570 g/mol. The molecule has 0 radical (unpaired) electrons. The van der Waals surface area contributed by atoms with Gasteiger partial charge in [-0.25, -0.2) is 0 Å². The van der Waals surface area contributed by atoms with Crippen molar-refractivity contribution in [3.05, 3.63) is 95.6 Å². The summed E-state index contributed by atoms with van der Waals surface area (Å²) in [7, 11) is 3.43. The van der Waals surface area contributed by atoms with E-state index in [0.29, 0.717) is 18.4 Å². The van der Waals surface area contributed by atoms with Gasteiger partial charge < -0.3 is 23.8 Å². The second kappa shape index (κ2) is 16.3. The van der Waals surface area contributed by atoms with Gasteiger partial charge in [0, 0.05) is 44.8 Å². The van der Waals surface area contributed by atoms with Gasteiger partial charge in [-0.3, -0.25) is 0 Å². The molecule has 5 heteroatoms. The van der Waals surface area contributed by atoms with E-state index in [1.807, 2.05) is 19.9 Å². The topological polar surface area (TPSA) is 40.2 Å². The van der Waals surface area contributed by atoms with Crippen LogP contribution in [0.4, 0.5) is 5.69 Å². The van der Waals surface area contributed by atoms with Crippen LogP contribution in [0.5, 0.6) is 5.75 Å². The fourth-order valence-corrected chi connectivity index (χ4v) is 7.64. The number of aryl methyl sites for hydroxylation is 1. The molecule has 3 aliphatic rings. The van der Waals surface area contributed by atoms with Gasteiger partial charge in [-0.2, -0.15) is 0 Å². The van der Waals surface area contributed by atoms with Gasteiger partial charge in [0.25, 0.3) is 0 Å². The summed E-state index contributed by atoms with van der Waals surface area (Å²) < 4.78 is 23.8. The number of fused-ring (bicyclic) bond motifs is 1. The second-order valence-corrected chi connectivity index (χ2v) is 13.8. The average Bonchev–Trinajstić information content (AvgIpc) is 3.07. The molecule has 46 heavy (non-hydrogen) atoms. The maximum atomic E-state index is 6.51. The van der Waals surface area contributed by atoms with E-state index in [-0.39, 0.29) is 23.4 Å². The lowest BCUT2D eigenvalue weighted by Crippen LogP contribution is -2.50. The fourth-order valence-electron chi connectivity index (χ4n) is 7.64. The zero-order valence-corrected chi connectivity index (χ0v) is 29.8. The third kappa shape index (κ3) is 8.53. The normalized spacial score (nSPS) is 23.2. The first-order valence-corrected chi connectivity index (χ1v) is 17.5. The van der Waals surface area contributed by atoms with E-state index in [9.17, 15) is 0 Å². The second-order valence-electron chi connectivity index (χ2n) is 13.8. The van der Waals surface area contributed by atoms with Crippen LogP contribution in [0.3, 0.4) is 0 Å². The van der Waals surface area contributed by atoms with Gasteiger partial charge in [0.1, 0.15) is 11.4 Å². The summed E-state index contributed by atoms with van der Waals surface area (Å²) in [4.78, 5) is 2.53. The summed E-state index contributed by atoms with van der Waals surface area (Å²) in [6, 6.07) is 16.2. The van der Waals surface area contributed by atoms with Gasteiger partial charge in [-0.15, -0.1) is 0 Å². The first kappa shape index (κ1) is 36.0. The number of piperidine rings is 1. The molecule has 3 unspecified atom stereocenters. The van der Waals surface area contributed by atoms with E-state index in [0.717, 1.165) is 57.4 Å². The number of benzene rings is 2. The van der Waals surface area contributed by atoms with Gasteiger partial charge in [-0.05, 0) is 119 Å². The van der Waals surface area contributed by atoms with Gasteiger partial charge in [-0.1, -0.05) is 62.9 Å². The Kier molecular flexibility index (Phi) is 12.8. The molecule has 3 atom stereocenters. The molecule has 0 amide bonds. The number of ether oxygens (including phenoxy) is 4. The summed E-state index contributed by atoms with van der Waals surface area (Å²) in [6.07, 6.45) is 14.7. The highest BCUT2D eigenvalue weighted by molar-refractivity contribution is 5.53. The van der Waals surface area contributed by atoms with Crippen LogP contribution in [0.25, 0.3) is 0 Å². The van der Waals surface area contributed by atoms with E-state index in [4.69, 9.17) is 18.9 Å². The molecule has 0 saturated carbocycles. The van der Waals surface area contributed by atoms with Crippen molar-refractivity contribution in [2.45, 2.75) is 103 Å². The number of methoxy groups -OCH3 is 2. The number of hydrogen-bond donors (Lipinski definition) is 0. The Morgan fingerprint density at radius 3 is 2.26 bits per heavy atom. The highest BCUT2D eigenvalue weighted by Crippen LogP contribution is 2.46. The number of anilines is 1. The van der Waals surface area contributed by atoms with Crippen molar-refractivity contribution >= 4 is 5.69 Å². The standard InChI is InChI=1S/C39H53NO4.C2H6/c1-8-10-11-28(9-2)34-18-14-30-26-33(44-38(3,4)5)17-19-35(30)36(34)29-12-15-32(16-13-29)40-24-22-39(23-25-40)21-20-31(27-43-39)37(41-6)42-7;1-2/h8-13,15-17,19,26,31,34,36-37H,1,14,18,20-25,27H2,2-7H3;1-2H3/b11-10-,28-9+;. The molecule has 2 aromatic carbocycles. The predicted octanol–water partition coefficient (Wildman–Crippen LogP) is 9.66. The zero-order chi connectivity index (χ0) is 33.3. The molecule has 0 bridgehead atoms. The van der Waals surface area contributed by atoms with Gasteiger partial charge in [0.05, 0.1) is 12.2 Å². The monoisotopic (exact) mass is 629 g/mol. The quantitative estimate of drug-likeness (QED) is 0.204. The summed E-state index contributed by atoms with van der Waals surface area (Å²) in [6.45, 7) is 19.1.